The number of methoxy groups -OCH3 is 1. The van der Waals surface area contributed by atoms with Crippen LogP contribution in [0.1, 0.15) is 142 Å². The maximum absolute atomic E-state index is 16.1. The van der Waals surface area contributed by atoms with Crippen molar-refractivity contribution in [3.05, 3.63) is 36.0 Å². The summed E-state index contributed by atoms with van der Waals surface area (Å²) in [6.07, 6.45) is 1.37. The summed E-state index contributed by atoms with van der Waals surface area (Å²) in [5.41, 5.74) is 0.444. The number of hydrazine groups is 2. The molecule has 23 nitrogen and oxygen atoms in total. The Morgan fingerprint density at radius 1 is 0.750 bits per heavy atom. The van der Waals surface area contributed by atoms with E-state index in [9.17, 15) is 33.6 Å². The van der Waals surface area contributed by atoms with Gasteiger partial charge in [0, 0.05) is 54.7 Å². The van der Waals surface area contributed by atoms with Crippen molar-refractivity contribution in [2.45, 2.75) is 184 Å². The van der Waals surface area contributed by atoms with Gasteiger partial charge < -0.3 is 35.9 Å². The maximum Gasteiger partial charge on any atom is 0.347 e. The van der Waals surface area contributed by atoms with Crippen molar-refractivity contribution in [2.75, 3.05) is 13.7 Å². The van der Waals surface area contributed by atoms with Crippen LogP contribution in [-0.2, 0) is 63.9 Å². The fourth-order valence-electron chi connectivity index (χ4n) is 10.7. The van der Waals surface area contributed by atoms with Crippen LogP contribution in [0.25, 0.3) is 10.9 Å². The van der Waals surface area contributed by atoms with Gasteiger partial charge in [0.05, 0.1) is 25.1 Å². The monoisotopic (exact) mass is 1120 g/mol. The molecular formula is C57H91N11O12. The Kier molecular flexibility index (Phi) is 23.5. The van der Waals surface area contributed by atoms with Crippen molar-refractivity contribution in [1.82, 2.24) is 41.2 Å². The van der Waals surface area contributed by atoms with E-state index in [0.29, 0.717) is 16.4 Å². The van der Waals surface area contributed by atoms with Gasteiger partial charge in [-0.3, -0.25) is 63.7 Å². The summed E-state index contributed by atoms with van der Waals surface area (Å²) in [6.45, 7) is 24.3. The number of benzene rings is 1. The van der Waals surface area contributed by atoms with E-state index in [1.54, 1.807) is 54.7 Å². The van der Waals surface area contributed by atoms with Gasteiger partial charge in [-0.05, 0) is 55.1 Å². The highest BCUT2D eigenvalue weighted by Gasteiger charge is 2.66. The molecule has 0 spiro atoms. The summed E-state index contributed by atoms with van der Waals surface area (Å²) < 4.78 is 5.11. The first kappa shape index (κ1) is 67.7. The van der Waals surface area contributed by atoms with Crippen LogP contribution in [-0.4, -0.2) is 139 Å². The van der Waals surface area contributed by atoms with Crippen molar-refractivity contribution in [3.8, 4) is 0 Å². The number of esters is 1. The molecule has 1 saturated heterocycles. The zero-order valence-corrected chi connectivity index (χ0v) is 50.0. The summed E-state index contributed by atoms with van der Waals surface area (Å²) in [5, 5.41) is 12.7. The number of amides is 7. The Morgan fingerprint density at radius 3 is 1.82 bits per heavy atom. The lowest BCUT2D eigenvalue weighted by molar-refractivity contribution is -0.170. The highest BCUT2D eigenvalue weighted by atomic mass is 16.5. The third-order valence-electron chi connectivity index (χ3n) is 15.6. The molecule has 0 aliphatic carbocycles. The molecule has 1 aromatic heterocycles. The first-order valence-corrected chi connectivity index (χ1v) is 27.9. The van der Waals surface area contributed by atoms with Crippen LogP contribution in [0.15, 0.2) is 30.5 Å². The van der Waals surface area contributed by atoms with Crippen LogP contribution in [0.5, 0.6) is 0 Å². The van der Waals surface area contributed by atoms with Crippen LogP contribution in [0.3, 0.4) is 0 Å². The minimum absolute atomic E-state index is 0.000337. The minimum Gasteiger partial charge on any atom is -0.466 e. The zero-order valence-electron chi connectivity index (χ0n) is 50.0. The summed E-state index contributed by atoms with van der Waals surface area (Å²) in [7, 11) is 1.02. The first-order chi connectivity index (χ1) is 37.1. The fraction of sp³-hybridized carbons (Fsp3) is 0.667. The molecule has 11 N–H and O–H groups in total. The number of aromatic amines is 1. The lowest BCUT2D eigenvalue weighted by atomic mass is 9.69. The summed E-state index contributed by atoms with van der Waals surface area (Å²) in [5.74, 6) is -4.30. The third kappa shape index (κ3) is 13.6. The normalized spacial score (nSPS) is 19.3. The van der Waals surface area contributed by atoms with Gasteiger partial charge in [0.2, 0.25) is 41.1 Å². The van der Waals surface area contributed by atoms with E-state index in [4.69, 9.17) is 22.2 Å². The number of likely N-dealkylation sites (tertiary alicyclic amines) is 1. The number of nitrogens with two attached hydrogens (primary N) is 3. The highest BCUT2D eigenvalue weighted by Crippen LogP contribution is 2.41. The Labute approximate surface area is 471 Å². The van der Waals surface area contributed by atoms with Crippen molar-refractivity contribution in [3.63, 3.8) is 0 Å². The number of para-hydroxylation sites is 1. The molecule has 10 atom stereocenters. The number of nitrogens with zero attached hydrogens (tertiary/aromatic N) is 3. The van der Waals surface area contributed by atoms with Crippen LogP contribution >= 0.6 is 0 Å². The van der Waals surface area contributed by atoms with E-state index >= 15 is 19.2 Å². The molecule has 2 aromatic rings. The predicted octanol–water partition coefficient (Wildman–Crippen LogP) is 2.72. The maximum atomic E-state index is 16.1. The Morgan fingerprint density at radius 2 is 1.32 bits per heavy atom. The average Bonchev–Trinajstić information content (AvgIpc) is 4.08. The number of ether oxygens (including phenoxy) is 1. The minimum atomic E-state index is -2.73. The molecule has 1 fully saturated rings. The van der Waals surface area contributed by atoms with E-state index in [0.717, 1.165) is 28.5 Å². The van der Waals surface area contributed by atoms with Crippen LogP contribution in [0, 0.1) is 47.3 Å². The topological polar surface area (TPSA) is 349 Å². The Balaban J connectivity index is 2.29. The van der Waals surface area contributed by atoms with Crippen molar-refractivity contribution in [1.29, 1.82) is 0 Å². The smallest absolute Gasteiger partial charge is 0.347 e. The molecule has 446 valence electrons. The van der Waals surface area contributed by atoms with Crippen molar-refractivity contribution < 1.29 is 57.5 Å². The highest BCUT2D eigenvalue weighted by molar-refractivity contribution is 6.20. The van der Waals surface area contributed by atoms with Crippen LogP contribution < -0.4 is 38.7 Å². The van der Waals surface area contributed by atoms with E-state index in [2.05, 4.69) is 26.3 Å². The van der Waals surface area contributed by atoms with Crippen LogP contribution in [0.2, 0.25) is 0 Å². The molecule has 2 heterocycles. The average molecular weight is 1120 g/mol. The number of hydrogen-bond donors (Lipinski definition) is 8. The molecule has 7 amide bonds. The second kappa shape index (κ2) is 27.7. The molecule has 23 heteroatoms. The largest absolute Gasteiger partial charge is 0.466 e. The number of Topliss-reactive ketones (excluding diaryl/α,β-unsaturated/α-hetero) is 3. The van der Waals surface area contributed by atoms with Crippen molar-refractivity contribution >= 4 is 75.6 Å². The molecule has 0 bridgehead atoms. The second-order valence-corrected chi connectivity index (χ2v) is 23.3. The van der Waals surface area contributed by atoms with Gasteiger partial charge in [0.15, 0.2) is 28.4 Å². The number of carbonyl (C=O) groups excluding carboxylic acids is 11. The molecule has 1 aliphatic heterocycles. The number of carbonyl (C=O) groups is 11. The number of hydrogen-bond acceptors (Lipinski definition) is 15. The van der Waals surface area contributed by atoms with E-state index in [1.807, 2.05) is 24.3 Å². The van der Waals surface area contributed by atoms with Gasteiger partial charge in [0.1, 0.15) is 12.1 Å². The van der Waals surface area contributed by atoms with E-state index in [1.165, 1.54) is 62.3 Å². The van der Waals surface area contributed by atoms with Gasteiger partial charge in [-0.1, -0.05) is 128 Å². The van der Waals surface area contributed by atoms with E-state index < -0.39 is 159 Å². The number of fused-ring (bicyclic) bond motifs is 1. The number of aromatic nitrogens is 1. The SMILES string of the molecule is CC[C@H](C)[C@H](NC(=O)[C@H](Cc1c[nH]c2ccccc12)NC(C)=O)C(=O)N[C@@H](C)C(=O)[C@@](C(=O)N[C@H](C(=O)[C@](CC(C)C)(C(=O)C1CCN(C(=O)C(C)C)[C@]1(N)C(=O)OC)N(N)C(=O)C(C)C)C(C)C)([C@@H](C)CC)N(N)C(=O)C(C)C. The van der Waals surface area contributed by atoms with Crippen molar-refractivity contribution in [2.24, 2.45) is 64.8 Å². The summed E-state index contributed by atoms with van der Waals surface area (Å²) in [6, 6.07) is 1.47. The molecule has 1 aliphatic rings. The Hall–Kier alpha value is -6.59. The quantitative estimate of drug-likeness (QED) is 0.0200. The number of ketones is 3. The molecule has 0 radical (unpaired) electrons. The molecule has 1 aromatic carbocycles. The second-order valence-electron chi connectivity index (χ2n) is 23.3. The number of rotatable bonds is 28. The van der Waals surface area contributed by atoms with Gasteiger partial charge in [-0.2, -0.15) is 0 Å². The molecule has 3 rings (SSSR count). The standard InChI is InChI=1S/C57H91N11O12/c1-18-34(13)44(64-48(73)42(63-37(16)69)26-38-28-61-41-23-21-20-22-39(38)41)49(74)62-36(15)45(70)56(35(14)19-2,68(60)52(77)33(11)12)53(78)65-43(30(5)6)47(72)55(27-29(3)4,67(59)51(76)32(9)10)46(71)40-24-25-66(50(75)31(7)8)57(40,58)54(79)80-17/h20-23,28-36,40,42-44,61H,18-19,24-27,58-60H2,1-17H3,(H,62,74)(H,63,69)(H,64,73)(H,65,78)/t34-,35-,36-,40?,42-,43-,44-,55-,56+,57-/m0/s1. The Bertz CT molecular complexity index is 2630. The van der Waals surface area contributed by atoms with E-state index in [-0.39, 0.29) is 25.8 Å². The van der Waals surface area contributed by atoms with Gasteiger partial charge in [0.25, 0.3) is 5.91 Å². The van der Waals surface area contributed by atoms with Gasteiger partial charge >= 0.3 is 5.97 Å². The molecule has 0 saturated carbocycles. The van der Waals surface area contributed by atoms with Crippen LogP contribution in [0.4, 0.5) is 0 Å². The molecule has 1 unspecified atom stereocenters. The van der Waals surface area contributed by atoms with Gasteiger partial charge in [-0.15, -0.1) is 0 Å². The molecule has 80 heavy (non-hydrogen) atoms. The summed E-state index contributed by atoms with van der Waals surface area (Å²) >= 11 is 0. The van der Waals surface area contributed by atoms with Gasteiger partial charge in [-0.25, -0.2) is 16.5 Å². The predicted molar refractivity (Wildman–Crippen MR) is 300 cm³/mol. The molecular weight excluding hydrogens is 1030 g/mol. The number of nitrogens with one attached hydrogen (secondary N) is 5. The third-order valence-corrected chi connectivity index (χ3v) is 15.6. The summed E-state index contributed by atoms with van der Waals surface area (Å²) in [4.78, 5) is 165. The fourth-order valence-corrected chi connectivity index (χ4v) is 10.7. The first-order valence-electron chi connectivity index (χ1n) is 27.9. The lowest BCUT2D eigenvalue weighted by Gasteiger charge is -2.47. The zero-order chi connectivity index (χ0) is 61.3. The lowest BCUT2D eigenvalue weighted by Crippen LogP contribution is -2.77. The number of H-pyrrole nitrogens is 1.